The van der Waals surface area contributed by atoms with Crippen molar-refractivity contribution < 1.29 is 22.4 Å². The van der Waals surface area contributed by atoms with Gasteiger partial charge in [-0.1, -0.05) is 6.07 Å². The van der Waals surface area contributed by atoms with Gasteiger partial charge in [-0.15, -0.1) is 0 Å². The maximum absolute atomic E-state index is 13.7. The number of nitrogens with zero attached hydrogens (tertiary/aromatic N) is 2. The van der Waals surface area contributed by atoms with E-state index in [1.54, 1.807) is 12.1 Å². The van der Waals surface area contributed by atoms with Crippen LogP contribution in [0.25, 0.3) is 0 Å². The summed E-state index contributed by atoms with van der Waals surface area (Å²) in [6, 6.07) is 6.75. The smallest absolute Gasteiger partial charge is 0.256 e. The summed E-state index contributed by atoms with van der Waals surface area (Å²) < 4.78 is 55.1. The van der Waals surface area contributed by atoms with Crippen molar-refractivity contribution in [2.75, 3.05) is 5.32 Å². The lowest BCUT2D eigenvalue weighted by atomic mass is 10.1. The molecule has 0 unspecified atom stereocenters. The van der Waals surface area contributed by atoms with E-state index < -0.39 is 41.3 Å². The van der Waals surface area contributed by atoms with Crippen molar-refractivity contribution in [3.63, 3.8) is 0 Å². The van der Waals surface area contributed by atoms with Crippen LogP contribution in [-0.4, -0.2) is 15.7 Å². The fraction of sp³-hybridized carbons (Fsp3) is 0.158. The van der Waals surface area contributed by atoms with Crippen molar-refractivity contribution in [1.29, 1.82) is 0 Å². The number of anilines is 1. The first kappa shape index (κ1) is 18.6. The largest absolute Gasteiger partial charge is 0.305 e. The normalized spacial score (nSPS) is 10.9. The standard InChI is InChI=1S/C19H15F4N3O/c1-10-3-4-12(7-11(10)2)19(27)24-16-5-6-26(25-16)9-13-17(22)14(20)8-15(21)18(13)23/h3-8H,9H2,1-2H3,(H,24,25,27). The Morgan fingerprint density at radius 1 is 1.00 bits per heavy atom. The van der Waals surface area contributed by atoms with Gasteiger partial charge in [0.1, 0.15) is 0 Å². The lowest BCUT2D eigenvalue weighted by molar-refractivity contribution is 0.102. The maximum atomic E-state index is 13.7. The number of nitrogens with one attached hydrogen (secondary N) is 1. The third-order valence-corrected chi connectivity index (χ3v) is 4.17. The molecular formula is C19H15F4N3O. The molecule has 0 aliphatic heterocycles. The molecule has 1 heterocycles. The Morgan fingerprint density at radius 3 is 2.30 bits per heavy atom. The molecule has 0 bridgehead atoms. The van der Waals surface area contributed by atoms with Gasteiger partial charge in [-0.25, -0.2) is 17.6 Å². The molecule has 3 rings (SSSR count). The van der Waals surface area contributed by atoms with Gasteiger partial charge in [0.15, 0.2) is 29.1 Å². The maximum Gasteiger partial charge on any atom is 0.256 e. The number of amides is 1. The predicted molar refractivity (Wildman–Crippen MR) is 91.5 cm³/mol. The molecule has 4 nitrogen and oxygen atoms in total. The first-order chi connectivity index (χ1) is 12.8. The molecule has 0 radical (unpaired) electrons. The summed E-state index contributed by atoms with van der Waals surface area (Å²) >= 11 is 0. The molecule has 0 spiro atoms. The average Bonchev–Trinajstić information content (AvgIpc) is 3.06. The molecule has 0 aliphatic carbocycles. The Bertz CT molecular complexity index is 1000. The van der Waals surface area contributed by atoms with E-state index in [2.05, 4.69) is 10.4 Å². The number of benzene rings is 2. The van der Waals surface area contributed by atoms with Gasteiger partial charge in [-0.2, -0.15) is 5.10 Å². The number of hydrogen-bond donors (Lipinski definition) is 1. The van der Waals surface area contributed by atoms with Crippen LogP contribution in [0.4, 0.5) is 23.4 Å². The van der Waals surface area contributed by atoms with Crippen molar-refractivity contribution in [2.45, 2.75) is 20.4 Å². The second-order valence-corrected chi connectivity index (χ2v) is 6.10. The number of rotatable bonds is 4. The van der Waals surface area contributed by atoms with E-state index in [0.29, 0.717) is 5.56 Å². The van der Waals surface area contributed by atoms with Crippen LogP contribution in [0.3, 0.4) is 0 Å². The van der Waals surface area contributed by atoms with Gasteiger partial charge in [0.25, 0.3) is 5.91 Å². The lowest BCUT2D eigenvalue weighted by Gasteiger charge is -2.07. The molecule has 27 heavy (non-hydrogen) atoms. The van der Waals surface area contributed by atoms with Gasteiger partial charge in [-0.3, -0.25) is 9.48 Å². The zero-order valence-corrected chi connectivity index (χ0v) is 14.5. The second-order valence-electron chi connectivity index (χ2n) is 6.10. The van der Waals surface area contributed by atoms with E-state index in [0.717, 1.165) is 15.8 Å². The predicted octanol–water partition coefficient (Wildman–Crippen LogP) is 4.36. The van der Waals surface area contributed by atoms with Crippen LogP contribution in [0, 0.1) is 37.1 Å². The van der Waals surface area contributed by atoms with Crippen molar-refractivity contribution in [3.05, 3.63) is 82.1 Å². The number of carbonyl (C=O) groups excluding carboxylic acids is 1. The van der Waals surface area contributed by atoms with Gasteiger partial charge in [0.05, 0.1) is 12.1 Å². The van der Waals surface area contributed by atoms with Crippen LogP contribution in [0.1, 0.15) is 27.0 Å². The first-order valence-corrected chi connectivity index (χ1v) is 8.00. The Labute approximate surface area is 152 Å². The number of aromatic nitrogens is 2. The van der Waals surface area contributed by atoms with Crippen LogP contribution >= 0.6 is 0 Å². The molecule has 1 aromatic heterocycles. The molecule has 8 heteroatoms. The molecule has 0 atom stereocenters. The summed E-state index contributed by atoms with van der Waals surface area (Å²) in [5.74, 6) is -6.21. The first-order valence-electron chi connectivity index (χ1n) is 8.00. The molecule has 1 N–H and O–H groups in total. The molecule has 0 saturated heterocycles. The van der Waals surface area contributed by atoms with Gasteiger partial charge in [0, 0.05) is 23.9 Å². The minimum atomic E-state index is -1.49. The summed E-state index contributed by atoms with van der Waals surface area (Å²) in [5, 5.41) is 6.52. The zero-order chi connectivity index (χ0) is 19.7. The third kappa shape index (κ3) is 3.84. The highest BCUT2D eigenvalue weighted by molar-refractivity contribution is 6.03. The average molecular weight is 377 g/mol. The SMILES string of the molecule is Cc1ccc(C(=O)Nc2ccn(Cc3c(F)c(F)cc(F)c3F)n2)cc1C. The second kappa shape index (κ2) is 7.22. The number of aryl methyl sites for hydroxylation is 2. The Hall–Kier alpha value is -3.16. The molecule has 0 fully saturated rings. The number of carbonyl (C=O) groups is 1. The van der Waals surface area contributed by atoms with E-state index in [-0.39, 0.29) is 11.9 Å². The highest BCUT2D eigenvalue weighted by Crippen LogP contribution is 2.20. The summed E-state index contributed by atoms with van der Waals surface area (Å²) in [6.45, 7) is 3.26. The molecule has 140 valence electrons. The van der Waals surface area contributed by atoms with E-state index in [9.17, 15) is 22.4 Å². The summed E-state index contributed by atoms with van der Waals surface area (Å²) in [5.41, 5.74) is 1.63. The molecule has 0 saturated carbocycles. The van der Waals surface area contributed by atoms with Crippen LogP contribution in [0.5, 0.6) is 0 Å². The van der Waals surface area contributed by atoms with Crippen molar-refractivity contribution >= 4 is 11.7 Å². The Morgan fingerprint density at radius 2 is 1.67 bits per heavy atom. The van der Waals surface area contributed by atoms with Gasteiger partial charge >= 0.3 is 0 Å². The zero-order valence-electron chi connectivity index (χ0n) is 14.5. The van der Waals surface area contributed by atoms with Crippen LogP contribution in [0.15, 0.2) is 36.5 Å². The van der Waals surface area contributed by atoms with E-state index in [1.165, 1.54) is 12.3 Å². The van der Waals surface area contributed by atoms with Crippen molar-refractivity contribution in [3.8, 4) is 0 Å². The van der Waals surface area contributed by atoms with Crippen molar-refractivity contribution in [1.82, 2.24) is 9.78 Å². The van der Waals surface area contributed by atoms with E-state index in [1.807, 2.05) is 19.9 Å². The quantitative estimate of drug-likeness (QED) is 0.543. The molecular weight excluding hydrogens is 362 g/mol. The van der Waals surface area contributed by atoms with Gasteiger partial charge in [-0.05, 0) is 37.1 Å². The van der Waals surface area contributed by atoms with E-state index >= 15 is 0 Å². The van der Waals surface area contributed by atoms with Crippen molar-refractivity contribution in [2.24, 2.45) is 0 Å². The third-order valence-electron chi connectivity index (χ3n) is 4.17. The van der Waals surface area contributed by atoms with Gasteiger partial charge in [0.2, 0.25) is 0 Å². The molecule has 2 aromatic carbocycles. The number of hydrogen-bond acceptors (Lipinski definition) is 2. The minimum Gasteiger partial charge on any atom is -0.305 e. The summed E-state index contributed by atoms with van der Waals surface area (Å²) in [7, 11) is 0. The lowest BCUT2D eigenvalue weighted by Crippen LogP contribution is -2.14. The van der Waals surface area contributed by atoms with E-state index in [4.69, 9.17) is 0 Å². The fourth-order valence-electron chi connectivity index (χ4n) is 2.51. The van der Waals surface area contributed by atoms with Crippen LogP contribution in [0.2, 0.25) is 0 Å². The minimum absolute atomic E-state index is 0.135. The Balaban J connectivity index is 1.78. The summed E-state index contributed by atoms with van der Waals surface area (Å²) in [6.07, 6.45) is 1.33. The monoisotopic (exact) mass is 377 g/mol. The van der Waals surface area contributed by atoms with Gasteiger partial charge < -0.3 is 5.32 Å². The fourth-order valence-corrected chi connectivity index (χ4v) is 2.51. The van der Waals surface area contributed by atoms with Crippen LogP contribution in [-0.2, 0) is 6.54 Å². The molecule has 3 aromatic rings. The molecule has 0 aliphatic rings. The van der Waals surface area contributed by atoms with Crippen LogP contribution < -0.4 is 5.32 Å². The number of halogens is 4. The topological polar surface area (TPSA) is 46.9 Å². The summed E-state index contributed by atoms with van der Waals surface area (Å²) in [4.78, 5) is 12.3. The molecule has 1 amide bonds. The highest BCUT2D eigenvalue weighted by Gasteiger charge is 2.19. The highest BCUT2D eigenvalue weighted by atomic mass is 19.2. The Kier molecular flexibility index (Phi) is 4.98.